The lowest BCUT2D eigenvalue weighted by Gasteiger charge is -2.06. The maximum atomic E-state index is 11.4. The van der Waals surface area contributed by atoms with Crippen molar-refractivity contribution < 1.29 is 0 Å². The first-order chi connectivity index (χ1) is 11.2. The van der Waals surface area contributed by atoms with Crippen LogP contribution in [0.1, 0.15) is 0 Å². The number of fused-ring (bicyclic) bond motifs is 1. The molecule has 0 unspecified atom stereocenters. The highest BCUT2D eigenvalue weighted by Gasteiger charge is 2.11. The normalized spacial score (nSPS) is 11.0. The van der Waals surface area contributed by atoms with E-state index in [9.17, 15) is 4.79 Å². The minimum Gasteiger partial charge on any atom is -0.337 e. The van der Waals surface area contributed by atoms with Crippen molar-refractivity contribution in [2.24, 2.45) is 7.05 Å². The Hall–Kier alpha value is -3.42. The third-order valence-corrected chi connectivity index (χ3v) is 3.47. The van der Waals surface area contributed by atoms with Crippen molar-refractivity contribution in [3.05, 3.63) is 59.7 Å². The Balaban J connectivity index is 1.80. The summed E-state index contributed by atoms with van der Waals surface area (Å²) in [5, 5.41) is 7.31. The third kappa shape index (κ3) is 2.35. The molecule has 4 aromatic heterocycles. The van der Waals surface area contributed by atoms with Gasteiger partial charge in [-0.2, -0.15) is 5.10 Å². The molecule has 4 aromatic rings. The highest BCUT2D eigenvalue weighted by molar-refractivity contribution is 5.73. The van der Waals surface area contributed by atoms with Gasteiger partial charge in [0.1, 0.15) is 0 Å². The van der Waals surface area contributed by atoms with E-state index in [1.54, 1.807) is 35.5 Å². The van der Waals surface area contributed by atoms with Crippen LogP contribution in [0.4, 0.5) is 11.5 Å². The number of hydrogen-bond donors (Lipinski definition) is 2. The van der Waals surface area contributed by atoms with Gasteiger partial charge in [0.15, 0.2) is 11.5 Å². The van der Waals surface area contributed by atoms with E-state index in [1.165, 1.54) is 6.07 Å². The Morgan fingerprint density at radius 2 is 2.17 bits per heavy atom. The summed E-state index contributed by atoms with van der Waals surface area (Å²) in [6.45, 7) is 0. The van der Waals surface area contributed by atoms with Crippen LogP contribution in [0.25, 0.3) is 16.9 Å². The van der Waals surface area contributed by atoms with Gasteiger partial charge in [-0.3, -0.25) is 13.9 Å². The van der Waals surface area contributed by atoms with E-state index in [2.05, 4.69) is 25.4 Å². The van der Waals surface area contributed by atoms with Crippen molar-refractivity contribution >= 4 is 17.2 Å². The topological polar surface area (TPSA) is 92.9 Å². The second-order valence-electron chi connectivity index (χ2n) is 5.08. The molecule has 23 heavy (non-hydrogen) atoms. The minimum absolute atomic E-state index is 0.179. The van der Waals surface area contributed by atoms with Gasteiger partial charge in [0.2, 0.25) is 5.56 Å². The molecule has 0 aliphatic rings. The molecule has 0 aliphatic carbocycles. The van der Waals surface area contributed by atoms with Crippen molar-refractivity contribution in [3.8, 4) is 11.3 Å². The molecule has 0 spiro atoms. The monoisotopic (exact) mass is 307 g/mol. The maximum absolute atomic E-state index is 11.4. The second kappa shape index (κ2) is 5.09. The number of hydrogen-bond acceptors (Lipinski definition) is 5. The molecule has 0 amide bonds. The SMILES string of the molecule is Cn1cc(-c2cnc3c(Nc4cc[nH]c(=O)c4)nccn23)cn1. The van der Waals surface area contributed by atoms with Crippen LogP contribution in [0, 0.1) is 0 Å². The number of aromatic nitrogens is 6. The number of aryl methyl sites for hydroxylation is 1. The van der Waals surface area contributed by atoms with Crippen LogP contribution in [0.3, 0.4) is 0 Å². The zero-order chi connectivity index (χ0) is 15.8. The summed E-state index contributed by atoms with van der Waals surface area (Å²) < 4.78 is 3.67. The van der Waals surface area contributed by atoms with Crippen LogP contribution < -0.4 is 10.9 Å². The lowest BCUT2D eigenvalue weighted by molar-refractivity contribution is 0.768. The number of pyridine rings is 1. The van der Waals surface area contributed by atoms with Gasteiger partial charge in [-0.1, -0.05) is 0 Å². The molecule has 0 radical (unpaired) electrons. The molecule has 0 aromatic carbocycles. The Morgan fingerprint density at radius 1 is 1.26 bits per heavy atom. The average Bonchev–Trinajstić information content (AvgIpc) is 3.14. The van der Waals surface area contributed by atoms with E-state index in [1.807, 2.05) is 23.8 Å². The third-order valence-electron chi connectivity index (χ3n) is 3.47. The molecule has 0 saturated carbocycles. The fraction of sp³-hybridized carbons (Fsp3) is 0.0667. The van der Waals surface area contributed by atoms with Crippen LogP contribution in [-0.4, -0.2) is 29.1 Å². The molecular weight excluding hydrogens is 294 g/mol. The summed E-state index contributed by atoms with van der Waals surface area (Å²) >= 11 is 0. The number of nitrogens with zero attached hydrogens (tertiary/aromatic N) is 5. The van der Waals surface area contributed by atoms with E-state index in [0.29, 0.717) is 17.2 Å². The standard InChI is InChI=1S/C15H13N7O/c1-21-9-10(7-19-21)12-8-18-15-14(17-4-5-22(12)15)20-11-2-3-16-13(23)6-11/h2-9H,1H3,(H2,16,17,20,23). The zero-order valence-corrected chi connectivity index (χ0v) is 12.3. The number of rotatable bonds is 3. The minimum atomic E-state index is -0.179. The zero-order valence-electron chi connectivity index (χ0n) is 12.3. The van der Waals surface area contributed by atoms with Crippen molar-refractivity contribution in [2.75, 3.05) is 5.32 Å². The highest BCUT2D eigenvalue weighted by atomic mass is 16.1. The molecule has 8 nitrogen and oxygen atoms in total. The summed E-state index contributed by atoms with van der Waals surface area (Å²) in [4.78, 5) is 22.7. The molecule has 2 N–H and O–H groups in total. The largest absolute Gasteiger partial charge is 0.337 e. The Kier molecular flexibility index (Phi) is 2.94. The quantitative estimate of drug-likeness (QED) is 0.599. The number of nitrogens with one attached hydrogen (secondary N) is 2. The first-order valence-electron chi connectivity index (χ1n) is 6.97. The molecule has 114 valence electrons. The van der Waals surface area contributed by atoms with Gasteiger partial charge < -0.3 is 10.3 Å². The summed E-state index contributed by atoms with van der Waals surface area (Å²) in [6, 6.07) is 3.23. The fourth-order valence-corrected chi connectivity index (χ4v) is 2.43. The molecule has 0 aliphatic heterocycles. The van der Waals surface area contributed by atoms with Crippen LogP contribution in [0.5, 0.6) is 0 Å². The van der Waals surface area contributed by atoms with Crippen LogP contribution in [0.2, 0.25) is 0 Å². The van der Waals surface area contributed by atoms with Gasteiger partial charge in [0.25, 0.3) is 0 Å². The molecule has 0 bridgehead atoms. The summed E-state index contributed by atoms with van der Waals surface area (Å²) in [6.07, 6.45) is 10.6. The summed E-state index contributed by atoms with van der Waals surface area (Å²) in [5.74, 6) is 0.577. The predicted molar refractivity (Wildman–Crippen MR) is 85.5 cm³/mol. The molecule has 8 heteroatoms. The van der Waals surface area contributed by atoms with Gasteiger partial charge in [0, 0.05) is 49.2 Å². The second-order valence-corrected chi connectivity index (χ2v) is 5.08. The van der Waals surface area contributed by atoms with Gasteiger partial charge in [-0.25, -0.2) is 9.97 Å². The molecule has 4 heterocycles. The van der Waals surface area contributed by atoms with Crippen LogP contribution in [-0.2, 0) is 7.05 Å². The van der Waals surface area contributed by atoms with Gasteiger partial charge in [-0.05, 0) is 6.07 Å². The smallest absolute Gasteiger partial charge is 0.249 e. The van der Waals surface area contributed by atoms with Crippen molar-refractivity contribution in [1.82, 2.24) is 29.1 Å². The fourth-order valence-electron chi connectivity index (χ4n) is 2.43. The molecular formula is C15H13N7O. The van der Waals surface area contributed by atoms with E-state index < -0.39 is 0 Å². The molecule has 0 saturated heterocycles. The maximum Gasteiger partial charge on any atom is 0.249 e. The first kappa shape index (κ1) is 13.3. The highest BCUT2D eigenvalue weighted by Crippen LogP contribution is 2.24. The van der Waals surface area contributed by atoms with Crippen molar-refractivity contribution in [1.29, 1.82) is 0 Å². The first-order valence-corrected chi connectivity index (χ1v) is 6.97. The Labute approximate surface area is 130 Å². The van der Waals surface area contributed by atoms with E-state index >= 15 is 0 Å². The number of aromatic amines is 1. The van der Waals surface area contributed by atoms with Crippen molar-refractivity contribution in [2.45, 2.75) is 0 Å². The van der Waals surface area contributed by atoms with Gasteiger partial charge in [-0.15, -0.1) is 0 Å². The van der Waals surface area contributed by atoms with Gasteiger partial charge in [0.05, 0.1) is 18.1 Å². The number of anilines is 2. The van der Waals surface area contributed by atoms with Crippen molar-refractivity contribution in [3.63, 3.8) is 0 Å². The van der Waals surface area contributed by atoms with E-state index in [4.69, 9.17) is 0 Å². The molecule has 0 atom stereocenters. The lowest BCUT2D eigenvalue weighted by atomic mass is 10.3. The Morgan fingerprint density at radius 3 is 2.96 bits per heavy atom. The summed E-state index contributed by atoms with van der Waals surface area (Å²) in [5.41, 5.74) is 3.03. The van der Waals surface area contributed by atoms with Crippen LogP contribution >= 0.6 is 0 Å². The van der Waals surface area contributed by atoms with E-state index in [-0.39, 0.29) is 5.56 Å². The predicted octanol–water partition coefficient (Wildman–Crippen LogP) is 1.56. The van der Waals surface area contributed by atoms with E-state index in [0.717, 1.165) is 11.3 Å². The summed E-state index contributed by atoms with van der Waals surface area (Å²) in [7, 11) is 1.87. The van der Waals surface area contributed by atoms with Crippen LogP contribution in [0.15, 0.2) is 54.1 Å². The van der Waals surface area contributed by atoms with Gasteiger partial charge >= 0.3 is 0 Å². The molecule has 4 rings (SSSR count). The lowest BCUT2D eigenvalue weighted by Crippen LogP contribution is -2.05. The Bertz CT molecular complexity index is 1040. The number of H-pyrrole nitrogens is 1. The molecule has 0 fully saturated rings. The number of imidazole rings is 1. The average molecular weight is 307 g/mol.